The van der Waals surface area contributed by atoms with Crippen molar-refractivity contribution in [2.75, 3.05) is 7.05 Å². The average molecular weight is 425 g/mol. The van der Waals surface area contributed by atoms with Gasteiger partial charge in [0, 0.05) is 26.3 Å². The van der Waals surface area contributed by atoms with E-state index in [1.807, 2.05) is 7.05 Å². The molecule has 3 rings (SSSR count). The Morgan fingerprint density at radius 3 is 2.52 bits per heavy atom. The van der Waals surface area contributed by atoms with Gasteiger partial charge in [0.1, 0.15) is 0 Å². The van der Waals surface area contributed by atoms with Crippen molar-refractivity contribution in [2.45, 2.75) is 12.5 Å². The van der Waals surface area contributed by atoms with Gasteiger partial charge in [0.05, 0.1) is 0 Å². The summed E-state index contributed by atoms with van der Waals surface area (Å²) in [6.07, 6.45) is 0.997. The van der Waals surface area contributed by atoms with Crippen LogP contribution in [-0.2, 0) is 6.42 Å². The van der Waals surface area contributed by atoms with E-state index < -0.39 is 0 Å². The van der Waals surface area contributed by atoms with Gasteiger partial charge in [-0.25, -0.2) is 0 Å². The van der Waals surface area contributed by atoms with E-state index in [1.165, 1.54) is 25.7 Å². The molecular weight excluding hydrogens is 410 g/mol. The Hall–Kier alpha value is -0.680. The first kappa shape index (κ1) is 15.2. The molecule has 0 aliphatic heterocycles. The van der Waals surface area contributed by atoms with E-state index in [0.717, 1.165) is 10.9 Å². The summed E-state index contributed by atoms with van der Waals surface area (Å²) in [4.78, 5) is 1.38. The fraction of sp³-hybridized carbons (Fsp3) is 0.176. The molecule has 1 N–H and O–H groups in total. The molecule has 1 nitrogen and oxygen atoms in total. The van der Waals surface area contributed by atoms with Crippen LogP contribution in [0.5, 0.6) is 0 Å². The minimum atomic E-state index is 0.327. The Labute approximate surface area is 145 Å². The lowest BCUT2D eigenvalue weighted by molar-refractivity contribution is 0.596. The fourth-order valence-corrected chi connectivity index (χ4v) is 4.43. The number of thiophene rings is 1. The molecule has 0 aliphatic carbocycles. The highest BCUT2D eigenvalue weighted by atomic mass is 79.9. The molecule has 21 heavy (non-hydrogen) atoms. The standard InChI is InChI=1S/C17H15Br2NS/c1-20-16(10-17-15(19)6-7-21-17)13-3-2-12-9-14(18)5-4-11(12)8-13/h2-9,16,20H,10H2,1H3. The van der Waals surface area contributed by atoms with Crippen LogP contribution in [0.1, 0.15) is 16.5 Å². The molecule has 1 unspecified atom stereocenters. The van der Waals surface area contributed by atoms with E-state index in [9.17, 15) is 0 Å². The summed E-state index contributed by atoms with van der Waals surface area (Å²) >= 11 is 8.95. The maximum Gasteiger partial charge on any atom is 0.0366 e. The lowest BCUT2D eigenvalue weighted by Crippen LogP contribution is -2.18. The van der Waals surface area contributed by atoms with Gasteiger partial charge in [0.25, 0.3) is 0 Å². The first-order chi connectivity index (χ1) is 10.2. The zero-order valence-electron chi connectivity index (χ0n) is 11.6. The predicted molar refractivity (Wildman–Crippen MR) is 99.2 cm³/mol. The van der Waals surface area contributed by atoms with Gasteiger partial charge in [0.15, 0.2) is 0 Å². The maximum atomic E-state index is 3.62. The summed E-state index contributed by atoms with van der Waals surface area (Å²) in [6, 6.07) is 15.6. The predicted octanol–water partition coefficient (Wildman–Crippen LogP) is 5.93. The molecule has 1 heterocycles. The molecule has 0 spiro atoms. The average Bonchev–Trinajstić information content (AvgIpc) is 2.89. The second kappa shape index (κ2) is 6.61. The number of likely N-dealkylation sites (N-methyl/N-ethyl adjacent to an activating group) is 1. The van der Waals surface area contributed by atoms with E-state index >= 15 is 0 Å². The molecule has 3 aromatic rings. The highest BCUT2D eigenvalue weighted by Crippen LogP contribution is 2.30. The van der Waals surface area contributed by atoms with Crippen molar-refractivity contribution in [1.29, 1.82) is 0 Å². The van der Waals surface area contributed by atoms with Crippen molar-refractivity contribution < 1.29 is 0 Å². The van der Waals surface area contributed by atoms with E-state index in [2.05, 4.69) is 85.0 Å². The molecule has 0 fully saturated rings. The van der Waals surface area contributed by atoms with Crippen molar-refractivity contribution in [1.82, 2.24) is 5.32 Å². The summed E-state index contributed by atoms with van der Waals surface area (Å²) < 4.78 is 2.33. The number of rotatable bonds is 4. The number of hydrogen-bond donors (Lipinski definition) is 1. The Morgan fingerprint density at radius 2 is 1.81 bits per heavy atom. The largest absolute Gasteiger partial charge is 0.313 e. The maximum absolute atomic E-state index is 3.62. The van der Waals surface area contributed by atoms with Gasteiger partial charge in [0.2, 0.25) is 0 Å². The third-order valence-corrected chi connectivity index (χ3v) is 6.10. The summed E-state index contributed by atoms with van der Waals surface area (Å²) in [5.74, 6) is 0. The lowest BCUT2D eigenvalue weighted by atomic mass is 9.99. The van der Waals surface area contributed by atoms with Gasteiger partial charge in [-0.2, -0.15) is 0 Å². The number of nitrogens with one attached hydrogen (secondary N) is 1. The van der Waals surface area contributed by atoms with Gasteiger partial charge in [-0.15, -0.1) is 11.3 Å². The summed E-state index contributed by atoms with van der Waals surface area (Å²) in [7, 11) is 2.03. The van der Waals surface area contributed by atoms with E-state index in [4.69, 9.17) is 0 Å². The molecule has 0 saturated carbocycles. The molecule has 0 amide bonds. The smallest absolute Gasteiger partial charge is 0.0366 e. The van der Waals surface area contributed by atoms with Crippen molar-refractivity contribution in [2.24, 2.45) is 0 Å². The second-order valence-corrected chi connectivity index (χ2v) is 7.76. The van der Waals surface area contributed by atoms with Gasteiger partial charge < -0.3 is 5.32 Å². The van der Waals surface area contributed by atoms with Crippen LogP contribution >= 0.6 is 43.2 Å². The Balaban J connectivity index is 1.93. The number of hydrogen-bond acceptors (Lipinski definition) is 2. The zero-order valence-corrected chi connectivity index (χ0v) is 15.6. The molecule has 1 aromatic heterocycles. The highest BCUT2D eigenvalue weighted by Gasteiger charge is 2.13. The quantitative estimate of drug-likeness (QED) is 0.547. The van der Waals surface area contributed by atoms with Crippen LogP contribution in [0.25, 0.3) is 10.8 Å². The molecule has 2 aromatic carbocycles. The summed E-state index contributed by atoms with van der Waals surface area (Å²) in [6.45, 7) is 0. The van der Waals surface area contributed by atoms with Crippen LogP contribution in [0, 0.1) is 0 Å². The van der Waals surface area contributed by atoms with Crippen LogP contribution in [-0.4, -0.2) is 7.05 Å². The van der Waals surface area contributed by atoms with E-state index in [-0.39, 0.29) is 0 Å². The van der Waals surface area contributed by atoms with Gasteiger partial charge in [-0.05, 0) is 69.0 Å². The Bertz CT molecular complexity index is 766. The molecule has 0 bridgehead atoms. The van der Waals surface area contributed by atoms with Crippen molar-refractivity contribution in [3.8, 4) is 0 Å². The molecule has 4 heteroatoms. The van der Waals surface area contributed by atoms with Crippen LogP contribution in [0.2, 0.25) is 0 Å². The first-order valence-electron chi connectivity index (χ1n) is 6.76. The Kier molecular flexibility index (Phi) is 4.79. The number of halogens is 2. The molecular formula is C17H15Br2NS. The third-order valence-electron chi connectivity index (χ3n) is 3.66. The van der Waals surface area contributed by atoms with Crippen molar-refractivity contribution in [3.05, 3.63) is 67.2 Å². The van der Waals surface area contributed by atoms with E-state index in [0.29, 0.717) is 6.04 Å². The second-order valence-electron chi connectivity index (χ2n) is 4.99. The molecule has 0 saturated heterocycles. The van der Waals surface area contributed by atoms with E-state index in [1.54, 1.807) is 11.3 Å². The number of benzene rings is 2. The van der Waals surface area contributed by atoms with Gasteiger partial charge >= 0.3 is 0 Å². The van der Waals surface area contributed by atoms with Gasteiger partial charge in [-0.3, -0.25) is 0 Å². The molecule has 1 atom stereocenters. The normalized spacial score (nSPS) is 12.7. The summed E-state index contributed by atoms with van der Waals surface area (Å²) in [5.41, 5.74) is 1.33. The van der Waals surface area contributed by atoms with Crippen LogP contribution < -0.4 is 5.32 Å². The lowest BCUT2D eigenvalue weighted by Gasteiger charge is -2.17. The SMILES string of the molecule is CNC(Cc1sccc1Br)c1ccc2cc(Br)ccc2c1. The van der Waals surface area contributed by atoms with Crippen molar-refractivity contribution in [3.63, 3.8) is 0 Å². The third kappa shape index (κ3) is 3.39. The van der Waals surface area contributed by atoms with Crippen LogP contribution in [0.15, 0.2) is 56.8 Å². The number of fused-ring (bicyclic) bond motifs is 1. The topological polar surface area (TPSA) is 12.0 Å². The fourth-order valence-electron chi connectivity index (χ4n) is 2.49. The first-order valence-corrected chi connectivity index (χ1v) is 9.22. The molecule has 108 valence electrons. The summed E-state index contributed by atoms with van der Waals surface area (Å²) in [5, 5.41) is 8.11. The molecule has 0 aliphatic rings. The van der Waals surface area contributed by atoms with Gasteiger partial charge in [-0.1, -0.05) is 34.1 Å². The highest BCUT2D eigenvalue weighted by molar-refractivity contribution is 9.10. The zero-order chi connectivity index (χ0) is 14.8. The Morgan fingerprint density at radius 1 is 1.05 bits per heavy atom. The van der Waals surface area contributed by atoms with Crippen LogP contribution in [0.3, 0.4) is 0 Å². The molecule has 0 radical (unpaired) electrons. The monoisotopic (exact) mass is 423 g/mol. The van der Waals surface area contributed by atoms with Crippen LogP contribution in [0.4, 0.5) is 0 Å². The van der Waals surface area contributed by atoms with Crippen molar-refractivity contribution >= 4 is 54.0 Å². The minimum Gasteiger partial charge on any atom is -0.313 e. The minimum absolute atomic E-state index is 0.327.